The average Bonchev–Trinajstić information content (AvgIpc) is 2.64. The van der Waals surface area contributed by atoms with Crippen molar-refractivity contribution in [1.82, 2.24) is 0 Å². The van der Waals surface area contributed by atoms with Crippen molar-refractivity contribution < 1.29 is 4.74 Å². The van der Waals surface area contributed by atoms with E-state index in [0.717, 1.165) is 25.0 Å². The molecule has 1 saturated carbocycles. The Morgan fingerprint density at radius 3 is 2.91 bits per heavy atom. The molecule has 3 atom stereocenters. The summed E-state index contributed by atoms with van der Waals surface area (Å²) in [4.78, 5) is 0. The highest BCUT2D eigenvalue weighted by Crippen LogP contribution is 2.55. The van der Waals surface area contributed by atoms with E-state index in [4.69, 9.17) is 4.74 Å². The van der Waals surface area contributed by atoms with Gasteiger partial charge in [-0.2, -0.15) is 0 Å². The van der Waals surface area contributed by atoms with Gasteiger partial charge in [0.15, 0.2) is 0 Å². The molecule has 1 aliphatic heterocycles. The minimum Gasteiger partial charge on any atom is -0.381 e. The lowest BCUT2D eigenvalue weighted by molar-refractivity contribution is 0.135. The van der Waals surface area contributed by atoms with E-state index in [2.05, 4.69) is 12.2 Å². The first-order chi connectivity index (χ1) is 5.39. The van der Waals surface area contributed by atoms with E-state index in [1.54, 1.807) is 0 Å². The summed E-state index contributed by atoms with van der Waals surface area (Å²) in [6.07, 6.45) is 8.99. The Morgan fingerprint density at radius 2 is 2.36 bits per heavy atom. The van der Waals surface area contributed by atoms with Crippen molar-refractivity contribution in [3.63, 3.8) is 0 Å². The van der Waals surface area contributed by atoms with Crippen molar-refractivity contribution in [2.75, 3.05) is 13.2 Å². The molecular formula is C10H14O. The molecule has 3 unspecified atom stereocenters. The second kappa shape index (κ2) is 1.89. The van der Waals surface area contributed by atoms with Gasteiger partial charge < -0.3 is 4.74 Å². The fourth-order valence-electron chi connectivity index (χ4n) is 3.13. The lowest BCUT2D eigenvalue weighted by atomic mass is 9.75. The molecule has 2 bridgehead atoms. The van der Waals surface area contributed by atoms with Crippen molar-refractivity contribution >= 4 is 0 Å². The van der Waals surface area contributed by atoms with Gasteiger partial charge in [0.25, 0.3) is 0 Å². The first-order valence-corrected chi connectivity index (χ1v) is 4.65. The van der Waals surface area contributed by atoms with Gasteiger partial charge in [-0.15, -0.1) is 0 Å². The van der Waals surface area contributed by atoms with Gasteiger partial charge >= 0.3 is 0 Å². The monoisotopic (exact) mass is 150 g/mol. The predicted molar refractivity (Wildman–Crippen MR) is 43.2 cm³/mol. The molecule has 1 saturated heterocycles. The Hall–Kier alpha value is -0.300. The van der Waals surface area contributed by atoms with Crippen LogP contribution in [0.15, 0.2) is 12.2 Å². The minimum absolute atomic E-state index is 0.597. The van der Waals surface area contributed by atoms with Crippen LogP contribution < -0.4 is 0 Å². The molecule has 1 nitrogen and oxygen atoms in total. The van der Waals surface area contributed by atoms with E-state index >= 15 is 0 Å². The van der Waals surface area contributed by atoms with Gasteiger partial charge in [-0.25, -0.2) is 0 Å². The Balaban J connectivity index is 1.94. The summed E-state index contributed by atoms with van der Waals surface area (Å²) in [6.45, 7) is 2.05. The molecule has 0 N–H and O–H groups in total. The van der Waals surface area contributed by atoms with Crippen molar-refractivity contribution in [2.24, 2.45) is 17.3 Å². The van der Waals surface area contributed by atoms with Crippen molar-refractivity contribution in [2.45, 2.75) is 19.3 Å². The smallest absolute Gasteiger partial charge is 0.0529 e. The van der Waals surface area contributed by atoms with Gasteiger partial charge in [0.2, 0.25) is 0 Å². The molecule has 60 valence electrons. The largest absolute Gasteiger partial charge is 0.381 e. The third kappa shape index (κ3) is 0.698. The van der Waals surface area contributed by atoms with E-state index < -0.39 is 0 Å². The molecule has 1 heteroatoms. The molecule has 2 aliphatic carbocycles. The summed E-state index contributed by atoms with van der Waals surface area (Å²) in [6, 6.07) is 0. The van der Waals surface area contributed by atoms with Gasteiger partial charge in [0, 0.05) is 12.0 Å². The number of hydrogen-bond donors (Lipinski definition) is 0. The zero-order valence-corrected chi connectivity index (χ0v) is 6.75. The van der Waals surface area contributed by atoms with Crippen LogP contribution in [-0.2, 0) is 4.74 Å². The quantitative estimate of drug-likeness (QED) is 0.480. The molecule has 0 radical (unpaired) electrons. The average molecular weight is 150 g/mol. The first kappa shape index (κ1) is 6.24. The maximum absolute atomic E-state index is 5.50. The fourth-order valence-corrected chi connectivity index (χ4v) is 3.13. The molecule has 0 amide bonds. The molecule has 2 fully saturated rings. The molecule has 0 aromatic heterocycles. The van der Waals surface area contributed by atoms with E-state index in [0.29, 0.717) is 5.41 Å². The van der Waals surface area contributed by atoms with Gasteiger partial charge in [-0.3, -0.25) is 0 Å². The number of hydrogen-bond acceptors (Lipinski definition) is 1. The van der Waals surface area contributed by atoms with E-state index in [1.807, 2.05) is 0 Å². The van der Waals surface area contributed by atoms with Crippen LogP contribution in [0.25, 0.3) is 0 Å². The van der Waals surface area contributed by atoms with Gasteiger partial charge in [-0.05, 0) is 31.1 Å². The molecule has 0 aromatic carbocycles. The molecule has 11 heavy (non-hydrogen) atoms. The van der Waals surface area contributed by atoms with Crippen LogP contribution in [-0.4, -0.2) is 13.2 Å². The van der Waals surface area contributed by atoms with E-state index in [1.165, 1.54) is 19.3 Å². The van der Waals surface area contributed by atoms with Crippen LogP contribution in [0.3, 0.4) is 0 Å². The first-order valence-electron chi connectivity index (χ1n) is 4.65. The maximum atomic E-state index is 5.50. The summed E-state index contributed by atoms with van der Waals surface area (Å²) in [5, 5.41) is 0. The normalized spacial score (nSPS) is 53.1. The third-order valence-corrected chi connectivity index (χ3v) is 3.76. The highest BCUT2D eigenvalue weighted by Gasteiger charge is 2.50. The van der Waals surface area contributed by atoms with Crippen LogP contribution in [0.1, 0.15) is 19.3 Å². The summed E-state index contributed by atoms with van der Waals surface area (Å²) in [5.74, 6) is 1.77. The van der Waals surface area contributed by atoms with Crippen molar-refractivity contribution in [3.8, 4) is 0 Å². The number of allylic oxidation sites excluding steroid dienone is 2. The predicted octanol–water partition coefficient (Wildman–Crippen LogP) is 1.99. The second-order valence-electron chi connectivity index (χ2n) is 4.36. The van der Waals surface area contributed by atoms with Crippen LogP contribution in [0.5, 0.6) is 0 Å². The Labute approximate surface area is 67.4 Å². The highest BCUT2D eigenvalue weighted by atomic mass is 16.5. The standard InChI is InChI=1S/C10H14O/c1-2-9-5-8(1)6-10(9)3-4-11-7-10/h1-2,8-9H,3-7H2. The Bertz CT molecular complexity index is 201. The molecule has 3 aliphatic rings. The summed E-state index contributed by atoms with van der Waals surface area (Å²) < 4.78 is 5.50. The van der Waals surface area contributed by atoms with Crippen molar-refractivity contribution in [3.05, 3.63) is 12.2 Å². The SMILES string of the molecule is C1=CC2CC1CC21CCOC1. The highest BCUT2D eigenvalue weighted by molar-refractivity contribution is 5.16. The van der Waals surface area contributed by atoms with Crippen LogP contribution in [0, 0.1) is 17.3 Å². The van der Waals surface area contributed by atoms with E-state index in [-0.39, 0.29) is 0 Å². The van der Waals surface area contributed by atoms with Gasteiger partial charge in [0.1, 0.15) is 0 Å². The maximum Gasteiger partial charge on any atom is 0.0529 e. The lowest BCUT2D eigenvalue weighted by Gasteiger charge is -2.28. The van der Waals surface area contributed by atoms with E-state index in [9.17, 15) is 0 Å². The van der Waals surface area contributed by atoms with Crippen LogP contribution in [0.2, 0.25) is 0 Å². The third-order valence-electron chi connectivity index (χ3n) is 3.76. The van der Waals surface area contributed by atoms with Gasteiger partial charge in [-0.1, -0.05) is 12.2 Å². The molecular weight excluding hydrogens is 136 g/mol. The number of rotatable bonds is 0. The Morgan fingerprint density at radius 1 is 1.36 bits per heavy atom. The molecule has 1 heterocycles. The molecule has 3 rings (SSSR count). The summed E-state index contributed by atoms with van der Waals surface area (Å²) >= 11 is 0. The summed E-state index contributed by atoms with van der Waals surface area (Å²) in [7, 11) is 0. The van der Waals surface area contributed by atoms with Gasteiger partial charge in [0.05, 0.1) is 6.61 Å². The fraction of sp³-hybridized carbons (Fsp3) is 0.800. The topological polar surface area (TPSA) is 9.23 Å². The number of ether oxygens (including phenoxy) is 1. The summed E-state index contributed by atoms with van der Waals surface area (Å²) in [5.41, 5.74) is 0.597. The lowest BCUT2D eigenvalue weighted by Crippen LogP contribution is -2.25. The zero-order valence-electron chi connectivity index (χ0n) is 6.75. The van der Waals surface area contributed by atoms with Crippen molar-refractivity contribution in [1.29, 1.82) is 0 Å². The Kier molecular flexibility index (Phi) is 1.07. The molecule has 0 aromatic rings. The van der Waals surface area contributed by atoms with Crippen LogP contribution >= 0.6 is 0 Å². The zero-order chi connectivity index (χ0) is 7.31. The second-order valence-corrected chi connectivity index (χ2v) is 4.36. The van der Waals surface area contributed by atoms with Crippen LogP contribution in [0.4, 0.5) is 0 Å². The minimum atomic E-state index is 0.597. The number of fused-ring (bicyclic) bond motifs is 3. The molecule has 1 spiro atoms.